The number of rotatable bonds is 2. The van der Waals surface area contributed by atoms with Gasteiger partial charge < -0.3 is 10.2 Å². The van der Waals surface area contributed by atoms with Gasteiger partial charge in [0.15, 0.2) is 5.79 Å². The van der Waals surface area contributed by atoms with Gasteiger partial charge >= 0.3 is 0 Å². The molecule has 0 aliphatic rings. The lowest BCUT2D eigenvalue weighted by Gasteiger charge is -2.36. The highest BCUT2D eigenvalue weighted by Crippen LogP contribution is 2.31. The van der Waals surface area contributed by atoms with Gasteiger partial charge in [0.25, 0.3) is 0 Å². The molecular formula is C8H20O2Si. The molecule has 0 spiro atoms. The van der Waals surface area contributed by atoms with E-state index in [9.17, 15) is 10.2 Å². The van der Waals surface area contributed by atoms with Crippen LogP contribution in [0.5, 0.6) is 0 Å². The highest BCUT2D eigenvalue weighted by Gasteiger charge is 2.38. The third-order valence-electron chi connectivity index (χ3n) is 1.89. The summed E-state index contributed by atoms with van der Waals surface area (Å²) in [5.74, 6) is -1.48. The van der Waals surface area contributed by atoms with Crippen molar-refractivity contribution in [3.63, 3.8) is 0 Å². The van der Waals surface area contributed by atoms with E-state index < -0.39 is 20.0 Å². The van der Waals surface area contributed by atoms with Crippen LogP contribution in [-0.2, 0) is 0 Å². The molecule has 0 aromatic carbocycles. The van der Waals surface area contributed by atoms with Crippen molar-refractivity contribution in [1.29, 1.82) is 0 Å². The summed E-state index contributed by atoms with van der Waals surface area (Å²) < 4.78 is 0. The zero-order valence-corrected chi connectivity index (χ0v) is 9.33. The molecule has 0 heterocycles. The Hall–Kier alpha value is 0.137. The molecule has 3 heteroatoms. The Morgan fingerprint density at radius 1 is 1.09 bits per heavy atom. The van der Waals surface area contributed by atoms with Crippen molar-refractivity contribution in [1.82, 2.24) is 0 Å². The molecule has 2 nitrogen and oxygen atoms in total. The summed E-state index contributed by atoms with van der Waals surface area (Å²) in [6.45, 7) is 9.79. The molecule has 0 amide bonds. The molecule has 0 aliphatic carbocycles. The Balaban J connectivity index is 4.22. The molecule has 0 bridgehead atoms. The van der Waals surface area contributed by atoms with Gasteiger partial charge in [-0.1, -0.05) is 33.9 Å². The van der Waals surface area contributed by atoms with E-state index in [1.54, 1.807) is 0 Å². The predicted octanol–water partition coefficient (Wildman–Crippen LogP) is 1.20. The summed E-state index contributed by atoms with van der Waals surface area (Å²) in [5, 5.41) is 19.2. The molecule has 68 valence electrons. The Bertz CT molecular complexity index is 125. The summed E-state index contributed by atoms with van der Waals surface area (Å²) in [6.07, 6.45) is 0. The first kappa shape index (κ1) is 11.1. The van der Waals surface area contributed by atoms with Crippen LogP contribution < -0.4 is 0 Å². The molecule has 11 heavy (non-hydrogen) atoms. The van der Waals surface area contributed by atoms with Crippen molar-refractivity contribution in [3.8, 4) is 0 Å². The standard InChI is InChI=1S/C8H20O2Si/c1-7(2,3)8(9,10)6-11(4)5/h9-11H,6H2,1-5H3. The topological polar surface area (TPSA) is 40.5 Å². The van der Waals surface area contributed by atoms with Crippen LogP contribution >= 0.6 is 0 Å². The number of aliphatic hydroxyl groups is 2. The Labute approximate surface area is 70.9 Å². The third kappa shape index (κ3) is 3.36. The maximum Gasteiger partial charge on any atom is 0.164 e. The van der Waals surface area contributed by atoms with Gasteiger partial charge in [-0.15, -0.1) is 0 Å². The van der Waals surface area contributed by atoms with Crippen LogP contribution in [0.1, 0.15) is 20.8 Å². The second kappa shape index (κ2) is 3.25. The number of hydrogen-bond acceptors (Lipinski definition) is 2. The fourth-order valence-corrected chi connectivity index (χ4v) is 2.63. The normalized spacial score (nSPS) is 14.2. The lowest BCUT2D eigenvalue weighted by Crippen LogP contribution is -2.44. The van der Waals surface area contributed by atoms with Crippen molar-refractivity contribution >= 4 is 8.80 Å². The van der Waals surface area contributed by atoms with Gasteiger partial charge in [-0.25, -0.2) is 0 Å². The molecule has 0 atom stereocenters. The maximum atomic E-state index is 9.61. The van der Waals surface area contributed by atoms with Crippen LogP contribution in [0.25, 0.3) is 0 Å². The van der Waals surface area contributed by atoms with Crippen LogP contribution in [-0.4, -0.2) is 24.8 Å². The van der Waals surface area contributed by atoms with Crippen LogP contribution in [0.2, 0.25) is 19.1 Å². The van der Waals surface area contributed by atoms with Gasteiger partial charge in [-0.3, -0.25) is 0 Å². The van der Waals surface area contributed by atoms with E-state index in [-0.39, 0.29) is 0 Å². The van der Waals surface area contributed by atoms with E-state index in [0.29, 0.717) is 6.04 Å². The minimum atomic E-state index is -1.48. The van der Waals surface area contributed by atoms with Crippen molar-refractivity contribution in [3.05, 3.63) is 0 Å². The summed E-state index contributed by atoms with van der Waals surface area (Å²) in [4.78, 5) is 0. The SMILES string of the molecule is C[SiH](C)CC(O)(O)C(C)(C)C. The molecule has 0 fully saturated rings. The average Bonchev–Trinajstić information content (AvgIpc) is 1.56. The summed E-state index contributed by atoms with van der Waals surface area (Å²) in [7, 11) is -0.895. The third-order valence-corrected chi connectivity index (χ3v) is 3.28. The summed E-state index contributed by atoms with van der Waals surface area (Å²) in [5.41, 5.74) is -0.426. The summed E-state index contributed by atoms with van der Waals surface area (Å²) >= 11 is 0. The van der Waals surface area contributed by atoms with Gasteiger partial charge in [0.05, 0.1) is 0 Å². The molecule has 0 radical (unpaired) electrons. The van der Waals surface area contributed by atoms with Crippen molar-refractivity contribution < 1.29 is 10.2 Å². The van der Waals surface area contributed by atoms with Crippen LogP contribution in [0, 0.1) is 5.41 Å². The summed E-state index contributed by atoms with van der Waals surface area (Å²) in [6, 6.07) is 0.566. The Morgan fingerprint density at radius 2 is 1.45 bits per heavy atom. The van der Waals surface area contributed by atoms with Gasteiger partial charge in [-0.05, 0) is 6.04 Å². The van der Waals surface area contributed by atoms with Crippen LogP contribution in [0.3, 0.4) is 0 Å². The largest absolute Gasteiger partial charge is 0.365 e. The minimum absolute atomic E-state index is 0.426. The van der Waals surface area contributed by atoms with Gasteiger partial charge in [-0.2, -0.15) is 0 Å². The predicted molar refractivity (Wildman–Crippen MR) is 50.3 cm³/mol. The Morgan fingerprint density at radius 3 is 1.55 bits per heavy atom. The average molecular weight is 176 g/mol. The Kier molecular flexibility index (Phi) is 3.29. The smallest absolute Gasteiger partial charge is 0.164 e. The van der Waals surface area contributed by atoms with Crippen molar-refractivity contribution in [2.75, 3.05) is 0 Å². The molecular weight excluding hydrogens is 156 g/mol. The van der Waals surface area contributed by atoms with Gasteiger partial charge in [0, 0.05) is 14.2 Å². The van der Waals surface area contributed by atoms with Crippen molar-refractivity contribution in [2.24, 2.45) is 5.41 Å². The first-order valence-corrected chi connectivity index (χ1v) is 7.24. The van der Waals surface area contributed by atoms with E-state index in [2.05, 4.69) is 13.1 Å². The fraction of sp³-hybridized carbons (Fsp3) is 1.00. The van der Waals surface area contributed by atoms with Gasteiger partial charge in [0.1, 0.15) is 0 Å². The lowest BCUT2D eigenvalue weighted by atomic mass is 9.87. The zero-order chi connectivity index (χ0) is 9.28. The quantitative estimate of drug-likeness (QED) is 0.490. The molecule has 0 rings (SSSR count). The monoisotopic (exact) mass is 176 g/mol. The van der Waals surface area contributed by atoms with E-state index in [1.165, 1.54) is 0 Å². The van der Waals surface area contributed by atoms with Crippen molar-refractivity contribution in [2.45, 2.75) is 45.7 Å². The first-order valence-electron chi connectivity index (χ1n) is 4.11. The molecule has 0 unspecified atom stereocenters. The lowest BCUT2D eigenvalue weighted by molar-refractivity contribution is -0.212. The zero-order valence-electron chi connectivity index (χ0n) is 8.18. The second-order valence-corrected chi connectivity index (χ2v) is 7.86. The molecule has 0 aromatic rings. The van der Waals surface area contributed by atoms with Crippen LogP contribution in [0.4, 0.5) is 0 Å². The van der Waals surface area contributed by atoms with E-state index in [0.717, 1.165) is 0 Å². The number of hydrogen-bond donors (Lipinski definition) is 2. The van der Waals surface area contributed by atoms with E-state index >= 15 is 0 Å². The molecule has 2 N–H and O–H groups in total. The molecule has 0 saturated carbocycles. The van der Waals surface area contributed by atoms with Gasteiger partial charge in [0.2, 0.25) is 0 Å². The minimum Gasteiger partial charge on any atom is -0.365 e. The van der Waals surface area contributed by atoms with Crippen LogP contribution in [0.15, 0.2) is 0 Å². The first-order chi connectivity index (χ1) is 4.67. The second-order valence-electron chi connectivity index (χ2n) is 4.66. The van der Waals surface area contributed by atoms with E-state index in [4.69, 9.17) is 0 Å². The fourth-order valence-electron chi connectivity index (χ4n) is 0.875. The highest BCUT2D eigenvalue weighted by molar-refractivity contribution is 6.55. The highest BCUT2D eigenvalue weighted by atomic mass is 28.3. The van der Waals surface area contributed by atoms with E-state index in [1.807, 2.05) is 20.8 Å². The molecule has 0 aromatic heterocycles. The molecule has 0 aliphatic heterocycles. The molecule has 0 saturated heterocycles. The maximum absolute atomic E-state index is 9.61.